The molecule has 2 heteroatoms. The van der Waals surface area contributed by atoms with Gasteiger partial charge in [0.25, 0.3) is 0 Å². The molecule has 0 aromatic heterocycles. The van der Waals surface area contributed by atoms with Crippen molar-refractivity contribution < 1.29 is 5.48 Å². The zero-order chi connectivity index (χ0) is 26.9. The van der Waals surface area contributed by atoms with Gasteiger partial charge in [-0.3, -0.25) is 0 Å². The van der Waals surface area contributed by atoms with Crippen LogP contribution in [0.25, 0.3) is 0 Å². The van der Waals surface area contributed by atoms with Gasteiger partial charge in [0.2, 0.25) is 0 Å². The Bertz CT molecular complexity index is 328. The smallest absolute Gasteiger partial charge is 0.870 e. The third-order valence-corrected chi connectivity index (χ3v) is 17.7. The zero-order valence-corrected chi connectivity index (χ0v) is 30.1. The van der Waals surface area contributed by atoms with Crippen LogP contribution < -0.4 is 0 Å². The van der Waals surface area contributed by atoms with Crippen molar-refractivity contribution in [3.05, 3.63) is 0 Å². The first-order valence-corrected chi connectivity index (χ1v) is 24.2. The number of hydrogen-bond acceptors (Lipinski definition) is 1. The molecule has 0 amide bonds. The molecule has 1 nitrogen and oxygen atoms in total. The predicted molar refractivity (Wildman–Crippen MR) is 178 cm³/mol. The molecule has 0 rings (SSSR count). The monoisotopic (exact) mass is 644 g/mol. The predicted octanol–water partition coefficient (Wildman–Crippen LogP) is 14.1. The van der Waals surface area contributed by atoms with E-state index in [1.165, 1.54) is 154 Å². The molecule has 0 aliphatic heterocycles. The van der Waals surface area contributed by atoms with Crippen molar-refractivity contribution >= 4 is 19.8 Å². The van der Waals surface area contributed by atoms with E-state index >= 15 is 0 Å². The van der Waals surface area contributed by atoms with Crippen LogP contribution in [-0.2, 0) is 0 Å². The summed E-state index contributed by atoms with van der Waals surface area (Å²) in [4.78, 5) is 0. The minimum absolute atomic E-state index is 0. The van der Waals surface area contributed by atoms with E-state index in [1.54, 1.807) is 51.8 Å². The topological polar surface area (TPSA) is 30.0 Å². The molecule has 0 saturated carbocycles. The maximum absolute atomic E-state index is 2.32. The van der Waals surface area contributed by atoms with Crippen LogP contribution in [0.5, 0.6) is 0 Å². The van der Waals surface area contributed by atoms with Crippen LogP contribution in [0.3, 0.4) is 0 Å². The molecule has 0 aromatic rings. The molecular weight excluding hydrogens is 567 g/mol. The standard InChI is InChI=1S/3C12H25.H2O.Sn/c3*1-3-5-7-9-11-12-10-8-6-4-2;;/h3*1,3-12H2,2H3;1H2;/q;;;;+1/p-1. The maximum atomic E-state index is 2.32. The molecule has 38 heavy (non-hydrogen) atoms. The molecule has 0 aliphatic carbocycles. The van der Waals surface area contributed by atoms with Crippen LogP contribution >= 0.6 is 0 Å². The van der Waals surface area contributed by atoms with Crippen molar-refractivity contribution in [2.24, 2.45) is 0 Å². The average Bonchev–Trinajstić information content (AvgIpc) is 2.91. The van der Waals surface area contributed by atoms with Crippen molar-refractivity contribution in [3.63, 3.8) is 0 Å². The summed E-state index contributed by atoms with van der Waals surface area (Å²) in [6.07, 6.45) is 45.0. The number of unbranched alkanes of at least 4 members (excludes halogenated alkanes) is 27. The second-order valence-corrected chi connectivity index (χ2v) is 21.1. The van der Waals surface area contributed by atoms with Crippen LogP contribution in [0.2, 0.25) is 13.3 Å². The normalized spacial score (nSPS) is 11.1. The molecule has 0 aromatic carbocycles. The molecule has 0 aliphatic rings. The number of hydrogen-bond donors (Lipinski definition) is 0. The Morgan fingerprint density at radius 2 is 0.395 bits per heavy atom. The van der Waals surface area contributed by atoms with E-state index < -0.39 is 19.8 Å². The first kappa shape index (κ1) is 40.9. The molecule has 0 radical (unpaired) electrons. The van der Waals surface area contributed by atoms with E-state index in [9.17, 15) is 0 Å². The van der Waals surface area contributed by atoms with Gasteiger partial charge in [0, 0.05) is 0 Å². The fourth-order valence-electron chi connectivity index (χ4n) is 5.96. The van der Waals surface area contributed by atoms with Gasteiger partial charge in [-0.1, -0.05) is 0 Å². The Labute approximate surface area is 250 Å². The Morgan fingerprint density at radius 3 is 0.579 bits per heavy atom. The summed E-state index contributed by atoms with van der Waals surface area (Å²) in [5, 5.41) is 0. The van der Waals surface area contributed by atoms with E-state index in [1.807, 2.05) is 0 Å². The summed E-state index contributed by atoms with van der Waals surface area (Å²) < 4.78 is 5.19. The Kier molecular flexibility index (Phi) is 40.6. The van der Waals surface area contributed by atoms with Gasteiger partial charge in [-0.15, -0.1) is 0 Å². The summed E-state index contributed by atoms with van der Waals surface area (Å²) in [5.74, 6) is 0. The summed E-state index contributed by atoms with van der Waals surface area (Å²) >= 11 is -1.09. The quantitative estimate of drug-likeness (QED) is 0.0517. The van der Waals surface area contributed by atoms with Crippen LogP contribution in [0.15, 0.2) is 0 Å². The SMILES string of the molecule is CCCCCCCCCCC[CH2][Sn+]([CH2]CCCCCCCCCCC)[CH2]CCCCCCCCCCC.[OH-]. The molecular formula is C36H76OSn. The van der Waals surface area contributed by atoms with Gasteiger partial charge in [0.15, 0.2) is 0 Å². The van der Waals surface area contributed by atoms with Gasteiger partial charge in [-0.25, -0.2) is 0 Å². The molecule has 1 N–H and O–H groups in total. The van der Waals surface area contributed by atoms with Crippen molar-refractivity contribution in [1.82, 2.24) is 0 Å². The van der Waals surface area contributed by atoms with E-state index in [0.29, 0.717) is 0 Å². The van der Waals surface area contributed by atoms with Crippen LogP contribution in [-0.4, -0.2) is 25.2 Å². The number of rotatable bonds is 33. The fraction of sp³-hybridized carbons (Fsp3) is 1.00. The average molecular weight is 644 g/mol. The van der Waals surface area contributed by atoms with Crippen molar-refractivity contribution in [2.75, 3.05) is 0 Å². The molecule has 0 saturated heterocycles. The minimum Gasteiger partial charge on any atom is -0.870 e. The second kappa shape index (κ2) is 37.8. The first-order chi connectivity index (χ1) is 18.3. The van der Waals surface area contributed by atoms with Crippen molar-refractivity contribution in [2.45, 2.75) is 227 Å². The van der Waals surface area contributed by atoms with Gasteiger partial charge in [0.05, 0.1) is 0 Å². The van der Waals surface area contributed by atoms with Gasteiger partial charge < -0.3 is 5.48 Å². The summed E-state index contributed by atoms with van der Waals surface area (Å²) in [5.41, 5.74) is 0. The third-order valence-electron chi connectivity index (χ3n) is 8.65. The van der Waals surface area contributed by atoms with Gasteiger partial charge in [-0.2, -0.15) is 0 Å². The van der Waals surface area contributed by atoms with Crippen molar-refractivity contribution in [1.29, 1.82) is 0 Å². The molecule has 230 valence electrons. The van der Waals surface area contributed by atoms with E-state index in [2.05, 4.69) is 20.8 Å². The van der Waals surface area contributed by atoms with Gasteiger partial charge >= 0.3 is 246 Å². The third kappa shape index (κ3) is 34.8. The first-order valence-electron chi connectivity index (χ1n) is 18.2. The molecule has 0 unspecified atom stereocenters. The second-order valence-electron chi connectivity index (χ2n) is 12.5. The zero-order valence-electron chi connectivity index (χ0n) is 27.3. The Balaban J connectivity index is 0. The van der Waals surface area contributed by atoms with Crippen LogP contribution in [0, 0.1) is 0 Å². The molecule has 0 bridgehead atoms. The Morgan fingerprint density at radius 1 is 0.237 bits per heavy atom. The van der Waals surface area contributed by atoms with E-state index in [0.717, 1.165) is 0 Å². The Hall–Kier alpha value is 0.759. The summed E-state index contributed by atoms with van der Waals surface area (Å²) in [6.45, 7) is 6.97. The molecule has 0 atom stereocenters. The van der Waals surface area contributed by atoms with Gasteiger partial charge in [0.1, 0.15) is 0 Å². The van der Waals surface area contributed by atoms with Crippen LogP contribution in [0.1, 0.15) is 213 Å². The fourth-order valence-corrected chi connectivity index (χ4v) is 14.5. The molecule has 0 heterocycles. The summed E-state index contributed by atoms with van der Waals surface area (Å²) in [6, 6.07) is 0. The molecule has 0 fully saturated rings. The summed E-state index contributed by atoms with van der Waals surface area (Å²) in [7, 11) is 0. The van der Waals surface area contributed by atoms with Crippen molar-refractivity contribution in [3.8, 4) is 0 Å². The minimum atomic E-state index is -1.09. The van der Waals surface area contributed by atoms with E-state index in [-0.39, 0.29) is 5.48 Å². The van der Waals surface area contributed by atoms with Gasteiger partial charge in [-0.05, 0) is 0 Å². The van der Waals surface area contributed by atoms with E-state index in [4.69, 9.17) is 0 Å². The van der Waals surface area contributed by atoms with Crippen LogP contribution in [0.4, 0.5) is 0 Å². The molecule has 0 spiro atoms.